The van der Waals surface area contributed by atoms with Crippen molar-refractivity contribution in [2.45, 2.75) is 12.5 Å². The average Bonchev–Trinajstić information content (AvgIpc) is 2.54. The number of likely N-dealkylation sites (tertiary alicyclic amines) is 1. The van der Waals surface area contributed by atoms with Gasteiger partial charge in [-0.05, 0) is 0 Å². The molecule has 1 aliphatic rings. The van der Waals surface area contributed by atoms with E-state index in [0.717, 1.165) is 0 Å². The van der Waals surface area contributed by atoms with Crippen LogP contribution in [-0.4, -0.2) is 33.7 Å². The van der Waals surface area contributed by atoms with E-state index in [1.54, 1.807) is 22.0 Å². The maximum absolute atomic E-state index is 11.2. The predicted octanol–water partition coefficient (Wildman–Crippen LogP) is -0.0197. The maximum atomic E-state index is 11.2. The van der Waals surface area contributed by atoms with Crippen molar-refractivity contribution in [1.82, 2.24) is 14.7 Å². The summed E-state index contributed by atoms with van der Waals surface area (Å²) in [5.74, 6) is -0.0973. The SMILES string of the molecule is N#CCC(=O)N1CC(n2c[c]cn2)C1. The standard InChI is InChI=1S/C9H9N4O/c10-3-2-9(14)12-6-8(7-12)13-5-1-4-11-13/h4-5,8H,2,6-7H2. The van der Waals surface area contributed by atoms with E-state index in [9.17, 15) is 4.79 Å². The first-order valence-corrected chi connectivity index (χ1v) is 4.36. The Balaban J connectivity index is 1.86. The lowest BCUT2D eigenvalue weighted by molar-refractivity contribution is -0.136. The van der Waals surface area contributed by atoms with Gasteiger partial charge >= 0.3 is 0 Å². The van der Waals surface area contributed by atoms with Gasteiger partial charge in [0.15, 0.2) is 0 Å². The van der Waals surface area contributed by atoms with Gasteiger partial charge in [-0.2, -0.15) is 10.4 Å². The van der Waals surface area contributed by atoms with Gasteiger partial charge in [0, 0.05) is 25.4 Å². The molecule has 1 fully saturated rings. The third kappa shape index (κ3) is 1.46. The quantitative estimate of drug-likeness (QED) is 0.656. The summed E-state index contributed by atoms with van der Waals surface area (Å²) in [6.07, 6.45) is 3.33. The Morgan fingerprint density at radius 3 is 3.07 bits per heavy atom. The van der Waals surface area contributed by atoms with Crippen molar-refractivity contribution in [3.63, 3.8) is 0 Å². The highest BCUT2D eigenvalue weighted by atomic mass is 16.2. The third-order valence-electron chi connectivity index (χ3n) is 2.29. The molecule has 0 bridgehead atoms. The van der Waals surface area contributed by atoms with Crippen LogP contribution in [0.15, 0.2) is 12.4 Å². The summed E-state index contributed by atoms with van der Waals surface area (Å²) in [6, 6.07) is 4.94. The first-order valence-electron chi connectivity index (χ1n) is 4.36. The molecular formula is C9H9N4O. The van der Waals surface area contributed by atoms with Crippen molar-refractivity contribution in [2.75, 3.05) is 13.1 Å². The fourth-order valence-corrected chi connectivity index (χ4v) is 1.45. The smallest absolute Gasteiger partial charge is 0.236 e. The number of carbonyl (C=O) groups excluding carboxylic acids is 1. The van der Waals surface area contributed by atoms with Gasteiger partial charge in [-0.15, -0.1) is 0 Å². The summed E-state index contributed by atoms with van der Waals surface area (Å²) < 4.78 is 1.79. The summed E-state index contributed by atoms with van der Waals surface area (Å²) in [6.45, 7) is 1.30. The molecule has 1 amide bonds. The molecule has 14 heavy (non-hydrogen) atoms. The number of hydrogen-bond acceptors (Lipinski definition) is 3. The molecule has 2 heterocycles. The predicted molar refractivity (Wildman–Crippen MR) is 46.9 cm³/mol. The molecular weight excluding hydrogens is 180 g/mol. The number of rotatable bonds is 2. The Morgan fingerprint density at radius 1 is 1.71 bits per heavy atom. The molecule has 2 rings (SSSR count). The minimum atomic E-state index is -0.0973. The number of nitrogens with zero attached hydrogens (tertiary/aromatic N) is 4. The minimum Gasteiger partial charge on any atom is -0.337 e. The monoisotopic (exact) mass is 189 g/mol. The van der Waals surface area contributed by atoms with Gasteiger partial charge in [-0.3, -0.25) is 9.48 Å². The fraction of sp³-hybridized carbons (Fsp3) is 0.444. The molecule has 0 unspecified atom stereocenters. The molecule has 1 aromatic rings. The molecule has 0 saturated carbocycles. The number of carbonyl (C=O) groups is 1. The Kier molecular flexibility index (Phi) is 2.19. The van der Waals surface area contributed by atoms with Crippen LogP contribution in [-0.2, 0) is 4.79 Å². The van der Waals surface area contributed by atoms with Crippen LogP contribution < -0.4 is 0 Å². The van der Waals surface area contributed by atoms with Gasteiger partial charge in [0.25, 0.3) is 0 Å². The highest BCUT2D eigenvalue weighted by Gasteiger charge is 2.31. The number of hydrogen-bond donors (Lipinski definition) is 0. The molecule has 1 aromatic heterocycles. The van der Waals surface area contributed by atoms with E-state index in [2.05, 4.69) is 11.2 Å². The zero-order chi connectivity index (χ0) is 9.97. The van der Waals surface area contributed by atoms with Gasteiger partial charge in [0.1, 0.15) is 6.42 Å². The van der Waals surface area contributed by atoms with Crippen LogP contribution in [0.1, 0.15) is 12.5 Å². The van der Waals surface area contributed by atoms with Gasteiger partial charge in [-0.25, -0.2) is 0 Å². The zero-order valence-corrected chi connectivity index (χ0v) is 7.55. The van der Waals surface area contributed by atoms with E-state index < -0.39 is 0 Å². The van der Waals surface area contributed by atoms with Gasteiger partial charge in [0.2, 0.25) is 5.91 Å². The summed E-state index contributed by atoms with van der Waals surface area (Å²) in [5.41, 5.74) is 0. The van der Waals surface area contributed by atoms with Crippen LogP contribution in [0.25, 0.3) is 0 Å². The number of amides is 1. The lowest BCUT2D eigenvalue weighted by Crippen LogP contribution is -2.50. The van der Waals surface area contributed by atoms with E-state index in [-0.39, 0.29) is 18.4 Å². The van der Waals surface area contributed by atoms with Crippen molar-refractivity contribution in [3.05, 3.63) is 18.5 Å². The Labute approximate surface area is 81.5 Å². The molecule has 0 aliphatic carbocycles. The fourth-order valence-electron chi connectivity index (χ4n) is 1.45. The summed E-state index contributed by atoms with van der Waals surface area (Å²) in [7, 11) is 0. The van der Waals surface area contributed by atoms with Crippen LogP contribution >= 0.6 is 0 Å². The van der Waals surface area contributed by atoms with E-state index in [0.29, 0.717) is 13.1 Å². The van der Waals surface area contributed by atoms with Crippen molar-refractivity contribution in [1.29, 1.82) is 5.26 Å². The van der Waals surface area contributed by atoms with Crippen LogP contribution in [0, 0.1) is 17.4 Å². The zero-order valence-electron chi connectivity index (χ0n) is 7.55. The van der Waals surface area contributed by atoms with Crippen LogP contribution in [0.2, 0.25) is 0 Å². The van der Waals surface area contributed by atoms with E-state index >= 15 is 0 Å². The first kappa shape index (κ1) is 8.75. The first-order chi connectivity index (χ1) is 6.81. The van der Waals surface area contributed by atoms with E-state index in [1.807, 2.05) is 6.07 Å². The molecule has 5 heteroatoms. The summed E-state index contributed by atoms with van der Waals surface area (Å²) >= 11 is 0. The normalized spacial score (nSPS) is 16.1. The Hall–Kier alpha value is -1.83. The van der Waals surface area contributed by atoms with E-state index in [4.69, 9.17) is 5.26 Å². The van der Waals surface area contributed by atoms with Crippen LogP contribution in [0.5, 0.6) is 0 Å². The molecule has 0 N–H and O–H groups in total. The molecule has 1 aliphatic heterocycles. The third-order valence-corrected chi connectivity index (χ3v) is 2.29. The second kappa shape index (κ2) is 3.50. The Bertz CT molecular complexity index is 359. The number of nitriles is 1. The maximum Gasteiger partial charge on any atom is 0.236 e. The molecule has 1 saturated heterocycles. The van der Waals surface area contributed by atoms with Crippen LogP contribution in [0.3, 0.4) is 0 Å². The molecule has 0 spiro atoms. The highest BCUT2D eigenvalue weighted by Crippen LogP contribution is 2.20. The van der Waals surface area contributed by atoms with Crippen molar-refractivity contribution in [3.8, 4) is 6.07 Å². The molecule has 5 nitrogen and oxygen atoms in total. The summed E-state index contributed by atoms with van der Waals surface area (Å²) in [4.78, 5) is 12.9. The van der Waals surface area contributed by atoms with Crippen LogP contribution in [0.4, 0.5) is 0 Å². The topological polar surface area (TPSA) is 61.9 Å². The summed E-state index contributed by atoms with van der Waals surface area (Å²) in [5, 5.41) is 12.4. The molecule has 1 radical (unpaired) electrons. The average molecular weight is 189 g/mol. The van der Waals surface area contributed by atoms with Gasteiger partial charge < -0.3 is 4.90 Å². The molecule has 0 aromatic carbocycles. The van der Waals surface area contributed by atoms with Crippen molar-refractivity contribution in [2.24, 2.45) is 0 Å². The second-order valence-corrected chi connectivity index (χ2v) is 3.21. The van der Waals surface area contributed by atoms with E-state index in [1.165, 1.54) is 0 Å². The second-order valence-electron chi connectivity index (χ2n) is 3.21. The van der Waals surface area contributed by atoms with Crippen molar-refractivity contribution < 1.29 is 4.79 Å². The number of aromatic nitrogens is 2. The van der Waals surface area contributed by atoms with Gasteiger partial charge in [-0.1, -0.05) is 0 Å². The molecule has 71 valence electrons. The Morgan fingerprint density at radius 2 is 2.50 bits per heavy atom. The van der Waals surface area contributed by atoms with Crippen molar-refractivity contribution >= 4 is 5.91 Å². The largest absolute Gasteiger partial charge is 0.337 e. The van der Waals surface area contributed by atoms with Gasteiger partial charge in [0.05, 0.1) is 18.3 Å². The highest BCUT2D eigenvalue weighted by molar-refractivity contribution is 5.79. The minimum absolute atomic E-state index is 0.0298. The molecule has 0 atom stereocenters. The lowest BCUT2D eigenvalue weighted by Gasteiger charge is -2.38. The lowest BCUT2D eigenvalue weighted by atomic mass is 10.1.